The normalized spacial score (nSPS) is 12.8. The van der Waals surface area contributed by atoms with E-state index in [1.807, 2.05) is 0 Å². The molecule has 0 bridgehead atoms. The molecule has 0 fully saturated rings. The Morgan fingerprint density at radius 1 is 1.53 bits per heavy atom. The van der Waals surface area contributed by atoms with Gasteiger partial charge in [0.1, 0.15) is 5.82 Å². The van der Waals surface area contributed by atoms with Crippen molar-refractivity contribution >= 4 is 15.9 Å². The number of benzene rings is 1. The minimum absolute atomic E-state index is 0.281. The number of methoxy groups -OCH3 is 1. The van der Waals surface area contributed by atoms with E-state index >= 15 is 0 Å². The summed E-state index contributed by atoms with van der Waals surface area (Å²) in [5.41, 5.74) is 0.903. The highest BCUT2D eigenvalue weighted by atomic mass is 79.9. The van der Waals surface area contributed by atoms with Crippen LogP contribution >= 0.6 is 15.9 Å². The Kier molecular flexibility index (Phi) is 5.22. The lowest BCUT2D eigenvalue weighted by molar-refractivity contribution is 0.110. The summed E-state index contributed by atoms with van der Waals surface area (Å²) >= 11 is 3.26. The molecule has 0 radical (unpaired) electrons. The van der Waals surface area contributed by atoms with Crippen LogP contribution in [0.4, 0.5) is 4.39 Å². The molecular formula is C11H14BrFO2. The first kappa shape index (κ1) is 12.6. The SMILES string of the molecule is COCCC(O)Cc1ccc(F)cc1Br. The van der Waals surface area contributed by atoms with Crippen molar-refractivity contribution < 1.29 is 14.2 Å². The van der Waals surface area contributed by atoms with Crippen molar-refractivity contribution in [2.24, 2.45) is 0 Å². The Morgan fingerprint density at radius 3 is 2.87 bits per heavy atom. The van der Waals surface area contributed by atoms with Gasteiger partial charge in [0, 0.05) is 18.2 Å². The Morgan fingerprint density at radius 2 is 2.27 bits per heavy atom. The van der Waals surface area contributed by atoms with Crippen LogP contribution in [0.2, 0.25) is 0 Å². The van der Waals surface area contributed by atoms with Crippen molar-refractivity contribution in [3.63, 3.8) is 0 Å². The molecule has 1 aromatic carbocycles. The fourth-order valence-electron chi connectivity index (χ4n) is 1.30. The molecule has 1 aromatic rings. The highest BCUT2D eigenvalue weighted by molar-refractivity contribution is 9.10. The van der Waals surface area contributed by atoms with Crippen LogP contribution in [0.15, 0.2) is 22.7 Å². The average Bonchev–Trinajstić information content (AvgIpc) is 2.19. The molecule has 1 N–H and O–H groups in total. The number of hydrogen-bond acceptors (Lipinski definition) is 2. The number of hydrogen-bond donors (Lipinski definition) is 1. The van der Waals surface area contributed by atoms with Crippen molar-refractivity contribution in [2.45, 2.75) is 18.9 Å². The van der Waals surface area contributed by atoms with Gasteiger partial charge in [0.2, 0.25) is 0 Å². The van der Waals surface area contributed by atoms with Gasteiger partial charge >= 0.3 is 0 Å². The van der Waals surface area contributed by atoms with Crippen molar-refractivity contribution in [1.29, 1.82) is 0 Å². The third kappa shape index (κ3) is 4.28. The molecule has 15 heavy (non-hydrogen) atoms. The number of aliphatic hydroxyl groups is 1. The van der Waals surface area contributed by atoms with Crippen LogP contribution < -0.4 is 0 Å². The molecule has 0 aliphatic heterocycles. The summed E-state index contributed by atoms with van der Waals surface area (Å²) < 4.78 is 18.3. The predicted octanol–water partition coefficient (Wildman–Crippen LogP) is 2.53. The van der Waals surface area contributed by atoms with Gasteiger partial charge in [-0.05, 0) is 30.5 Å². The molecule has 0 amide bonds. The van der Waals surface area contributed by atoms with E-state index in [0.717, 1.165) is 5.56 Å². The maximum Gasteiger partial charge on any atom is 0.124 e. The predicted molar refractivity (Wildman–Crippen MR) is 60.3 cm³/mol. The minimum atomic E-state index is -0.452. The molecule has 0 saturated carbocycles. The number of aliphatic hydroxyl groups excluding tert-OH is 1. The quantitative estimate of drug-likeness (QED) is 0.896. The van der Waals surface area contributed by atoms with Gasteiger partial charge in [-0.3, -0.25) is 0 Å². The van der Waals surface area contributed by atoms with Gasteiger partial charge in [-0.2, -0.15) is 0 Å². The van der Waals surface area contributed by atoms with Gasteiger partial charge in [-0.15, -0.1) is 0 Å². The average molecular weight is 277 g/mol. The summed E-state index contributed by atoms with van der Waals surface area (Å²) in [6, 6.07) is 4.47. The molecular weight excluding hydrogens is 263 g/mol. The van der Waals surface area contributed by atoms with E-state index in [2.05, 4.69) is 15.9 Å². The molecule has 1 atom stereocenters. The lowest BCUT2D eigenvalue weighted by Gasteiger charge is -2.11. The largest absolute Gasteiger partial charge is 0.393 e. The maximum atomic E-state index is 12.8. The van der Waals surface area contributed by atoms with Gasteiger partial charge in [0.25, 0.3) is 0 Å². The van der Waals surface area contributed by atoms with Crippen LogP contribution in [0.1, 0.15) is 12.0 Å². The highest BCUT2D eigenvalue weighted by Crippen LogP contribution is 2.20. The first-order valence-corrected chi connectivity index (χ1v) is 5.53. The van der Waals surface area contributed by atoms with Crippen molar-refractivity contribution in [1.82, 2.24) is 0 Å². The second kappa shape index (κ2) is 6.20. The summed E-state index contributed by atoms with van der Waals surface area (Å²) in [6.45, 7) is 0.528. The molecule has 84 valence electrons. The zero-order valence-corrected chi connectivity index (χ0v) is 10.1. The third-order valence-electron chi connectivity index (χ3n) is 2.13. The standard InChI is InChI=1S/C11H14BrFO2/c1-15-5-4-10(14)6-8-2-3-9(13)7-11(8)12/h2-3,7,10,14H,4-6H2,1H3. The number of ether oxygens (including phenoxy) is 1. The number of rotatable bonds is 5. The Hall–Kier alpha value is -0.450. The van der Waals surface area contributed by atoms with Gasteiger partial charge in [0.05, 0.1) is 6.10 Å². The van der Waals surface area contributed by atoms with E-state index in [0.29, 0.717) is 23.9 Å². The molecule has 4 heteroatoms. The Bertz CT molecular complexity index is 317. The summed E-state index contributed by atoms with van der Waals surface area (Å²) in [5, 5.41) is 9.63. The summed E-state index contributed by atoms with van der Waals surface area (Å²) in [7, 11) is 1.60. The van der Waals surface area contributed by atoms with Crippen LogP contribution in [-0.4, -0.2) is 24.9 Å². The molecule has 0 aliphatic carbocycles. The topological polar surface area (TPSA) is 29.5 Å². The van der Waals surface area contributed by atoms with Gasteiger partial charge in [-0.25, -0.2) is 4.39 Å². The Labute approximate surface area is 97.2 Å². The third-order valence-corrected chi connectivity index (χ3v) is 2.86. The van der Waals surface area contributed by atoms with Crippen LogP contribution in [0.3, 0.4) is 0 Å². The molecule has 0 heterocycles. The van der Waals surface area contributed by atoms with Crippen molar-refractivity contribution in [2.75, 3.05) is 13.7 Å². The van der Waals surface area contributed by atoms with E-state index in [9.17, 15) is 9.50 Å². The summed E-state index contributed by atoms with van der Waals surface area (Å²) in [6.07, 6.45) is 0.636. The zero-order chi connectivity index (χ0) is 11.3. The van der Waals surface area contributed by atoms with Gasteiger partial charge < -0.3 is 9.84 Å². The van der Waals surface area contributed by atoms with E-state index in [4.69, 9.17) is 4.74 Å². The zero-order valence-electron chi connectivity index (χ0n) is 8.54. The van der Waals surface area contributed by atoms with Crippen molar-refractivity contribution in [3.05, 3.63) is 34.1 Å². The molecule has 1 unspecified atom stereocenters. The molecule has 0 saturated heterocycles. The fourth-order valence-corrected chi connectivity index (χ4v) is 1.81. The first-order valence-electron chi connectivity index (χ1n) is 4.74. The number of halogens is 2. The van der Waals surface area contributed by atoms with Crippen LogP contribution in [0, 0.1) is 5.82 Å². The molecule has 0 spiro atoms. The van der Waals surface area contributed by atoms with Crippen molar-refractivity contribution in [3.8, 4) is 0 Å². The summed E-state index contributed by atoms with van der Waals surface area (Å²) in [4.78, 5) is 0. The molecule has 2 nitrogen and oxygen atoms in total. The fraction of sp³-hybridized carbons (Fsp3) is 0.455. The monoisotopic (exact) mass is 276 g/mol. The molecule has 0 aromatic heterocycles. The van der Waals surface area contributed by atoms with Crippen LogP contribution in [-0.2, 0) is 11.2 Å². The maximum absolute atomic E-state index is 12.8. The minimum Gasteiger partial charge on any atom is -0.393 e. The van der Waals surface area contributed by atoms with E-state index in [1.54, 1.807) is 13.2 Å². The smallest absolute Gasteiger partial charge is 0.124 e. The van der Waals surface area contributed by atoms with E-state index < -0.39 is 6.10 Å². The second-order valence-electron chi connectivity index (χ2n) is 3.38. The van der Waals surface area contributed by atoms with Crippen LogP contribution in [0.5, 0.6) is 0 Å². The lowest BCUT2D eigenvalue weighted by atomic mass is 10.1. The van der Waals surface area contributed by atoms with Gasteiger partial charge in [0.15, 0.2) is 0 Å². The molecule has 0 aliphatic rings. The van der Waals surface area contributed by atoms with E-state index in [-0.39, 0.29) is 5.82 Å². The van der Waals surface area contributed by atoms with E-state index in [1.165, 1.54) is 12.1 Å². The highest BCUT2D eigenvalue weighted by Gasteiger charge is 2.08. The Balaban J connectivity index is 2.56. The first-order chi connectivity index (χ1) is 7.13. The van der Waals surface area contributed by atoms with Crippen LogP contribution in [0.25, 0.3) is 0 Å². The second-order valence-corrected chi connectivity index (χ2v) is 4.23. The lowest BCUT2D eigenvalue weighted by Crippen LogP contribution is -2.13. The van der Waals surface area contributed by atoms with Gasteiger partial charge in [-0.1, -0.05) is 22.0 Å². The summed E-state index contributed by atoms with van der Waals surface area (Å²) in [5.74, 6) is -0.281. The molecule has 1 rings (SSSR count).